The maximum absolute atomic E-state index is 2.44. The molecule has 0 saturated carbocycles. The lowest BCUT2D eigenvalue weighted by molar-refractivity contribution is 0.529. The van der Waals surface area contributed by atoms with Crippen LogP contribution in [0.1, 0.15) is 13.8 Å². The molecule has 0 N–H and O–H groups in total. The lowest BCUT2D eigenvalue weighted by atomic mass is 10.7. The Labute approximate surface area is 70.0 Å². The van der Waals surface area contributed by atoms with Gasteiger partial charge >= 0.3 is 0 Å². The van der Waals surface area contributed by atoms with E-state index in [1.807, 2.05) is 0 Å². The summed E-state index contributed by atoms with van der Waals surface area (Å²) in [6.45, 7) is 13.9. The smallest absolute Gasteiger partial charge is 0.128 e. The fourth-order valence-corrected chi connectivity index (χ4v) is 4.87. The summed E-state index contributed by atoms with van der Waals surface area (Å²) < 4.78 is 2.44. The molecule has 0 aromatic heterocycles. The topological polar surface area (TPSA) is 3.24 Å². The van der Waals surface area contributed by atoms with Crippen molar-refractivity contribution in [1.82, 2.24) is 4.31 Å². The average molecular weight is 177 g/mol. The van der Waals surface area contributed by atoms with E-state index < -0.39 is 7.22 Å². The summed E-state index contributed by atoms with van der Waals surface area (Å²) in [4.78, 5) is 0. The summed E-state index contributed by atoms with van der Waals surface area (Å²) in [6.07, 6.45) is 0. The van der Waals surface area contributed by atoms with Gasteiger partial charge in [0.1, 0.15) is 7.22 Å². The van der Waals surface area contributed by atoms with Crippen molar-refractivity contribution in [2.24, 2.45) is 0 Å². The Kier molecular flexibility index (Phi) is 4.65. The van der Waals surface area contributed by atoms with E-state index in [-0.39, 0.29) is 0 Å². The second-order valence-electron chi connectivity index (χ2n) is 3.32. The molecule has 1 nitrogen and oxygen atoms in total. The predicted octanol–water partition coefficient (Wildman–Crippen LogP) is 2.81. The first-order chi connectivity index (χ1) is 4.49. The molecule has 62 valence electrons. The van der Waals surface area contributed by atoms with Crippen LogP contribution in [-0.4, -0.2) is 24.6 Å². The Balaban J connectivity index is 3.63. The van der Waals surface area contributed by atoms with E-state index in [0.717, 1.165) is 0 Å². The van der Waals surface area contributed by atoms with E-state index in [9.17, 15) is 0 Å². The van der Waals surface area contributed by atoms with E-state index in [4.69, 9.17) is 0 Å². The average Bonchev–Trinajstić information content (AvgIpc) is 1.81. The molecule has 0 atom stereocenters. The van der Waals surface area contributed by atoms with Gasteiger partial charge in [0.15, 0.2) is 0 Å². The van der Waals surface area contributed by atoms with Crippen LogP contribution in [0.25, 0.3) is 0 Å². The van der Waals surface area contributed by atoms with Crippen LogP contribution in [0.4, 0.5) is 0 Å². The minimum Gasteiger partial charge on any atom is -0.256 e. The molecular formula is C7H19NSSi. The van der Waals surface area contributed by atoms with Crippen molar-refractivity contribution in [3.05, 3.63) is 0 Å². The molecule has 0 spiro atoms. The highest BCUT2D eigenvalue weighted by molar-refractivity contribution is 8.26. The maximum Gasteiger partial charge on any atom is 0.128 e. The zero-order chi connectivity index (χ0) is 8.20. The fraction of sp³-hybridized carbons (Fsp3) is 1.00. The molecule has 0 aromatic carbocycles. The van der Waals surface area contributed by atoms with E-state index in [2.05, 4.69) is 49.2 Å². The first-order valence-electron chi connectivity index (χ1n) is 3.93. The number of hydrogen-bond donors (Lipinski definition) is 0. The zero-order valence-electron chi connectivity index (χ0n) is 7.77. The van der Waals surface area contributed by atoms with Crippen LogP contribution in [0.15, 0.2) is 0 Å². The van der Waals surface area contributed by atoms with Crippen molar-refractivity contribution >= 4 is 18.6 Å². The molecule has 0 aliphatic rings. The molecule has 0 radical (unpaired) electrons. The molecule has 0 aliphatic heterocycles. The number of nitrogens with zero attached hydrogens (tertiary/aromatic N) is 1. The molecule has 0 rings (SSSR count). The van der Waals surface area contributed by atoms with Crippen molar-refractivity contribution < 1.29 is 0 Å². The molecular weight excluding hydrogens is 158 g/mol. The third-order valence-electron chi connectivity index (χ3n) is 1.11. The van der Waals surface area contributed by atoms with Crippen LogP contribution in [0.3, 0.4) is 0 Å². The molecule has 0 heterocycles. The van der Waals surface area contributed by atoms with E-state index >= 15 is 0 Å². The van der Waals surface area contributed by atoms with Gasteiger partial charge in [-0.1, -0.05) is 33.5 Å². The third kappa shape index (κ3) is 5.32. The van der Waals surface area contributed by atoms with Gasteiger partial charge in [-0.3, -0.25) is 4.31 Å². The lowest BCUT2D eigenvalue weighted by Crippen LogP contribution is -2.26. The minimum absolute atomic E-state index is 0.920. The van der Waals surface area contributed by atoms with Crippen LogP contribution < -0.4 is 0 Å². The standard InChI is InChI=1S/C7H19NSSi/c1-6-8(7-2)9-10(3,4)5/h6-7H2,1-5H3. The van der Waals surface area contributed by atoms with Gasteiger partial charge in [0.25, 0.3) is 0 Å². The Bertz CT molecular complexity index is 86.1. The largest absolute Gasteiger partial charge is 0.256 e. The molecule has 0 saturated heterocycles. The van der Waals surface area contributed by atoms with Crippen LogP contribution in [-0.2, 0) is 0 Å². The van der Waals surface area contributed by atoms with Crippen LogP contribution in [0, 0.1) is 0 Å². The second-order valence-corrected chi connectivity index (χ2v) is 12.5. The fourth-order valence-electron chi connectivity index (χ4n) is 0.740. The molecule has 0 amide bonds. The zero-order valence-corrected chi connectivity index (χ0v) is 9.59. The van der Waals surface area contributed by atoms with Gasteiger partial charge in [0.05, 0.1) is 0 Å². The van der Waals surface area contributed by atoms with Crippen LogP contribution >= 0.6 is 11.4 Å². The molecule has 3 heteroatoms. The highest BCUT2D eigenvalue weighted by atomic mass is 32.4. The van der Waals surface area contributed by atoms with Crippen LogP contribution in [0.2, 0.25) is 19.6 Å². The summed E-state index contributed by atoms with van der Waals surface area (Å²) in [5.74, 6) is 0. The lowest BCUT2D eigenvalue weighted by Gasteiger charge is -2.25. The summed E-state index contributed by atoms with van der Waals surface area (Å²) in [7, 11) is -0.920. The predicted molar refractivity (Wildman–Crippen MR) is 53.9 cm³/mol. The summed E-state index contributed by atoms with van der Waals surface area (Å²) >= 11 is 2.07. The molecule has 0 aliphatic carbocycles. The monoisotopic (exact) mass is 177 g/mol. The Morgan fingerprint density at radius 2 is 1.50 bits per heavy atom. The normalized spacial score (nSPS) is 12.6. The molecule has 10 heavy (non-hydrogen) atoms. The number of rotatable bonds is 4. The van der Waals surface area contributed by atoms with Gasteiger partial charge < -0.3 is 0 Å². The maximum atomic E-state index is 2.44. The van der Waals surface area contributed by atoms with Gasteiger partial charge in [-0.25, -0.2) is 0 Å². The minimum atomic E-state index is -0.920. The van der Waals surface area contributed by atoms with E-state index in [1.54, 1.807) is 0 Å². The highest BCUT2D eigenvalue weighted by Gasteiger charge is 2.17. The van der Waals surface area contributed by atoms with Gasteiger partial charge in [-0.15, -0.1) is 11.4 Å². The van der Waals surface area contributed by atoms with Gasteiger partial charge in [0.2, 0.25) is 0 Å². The van der Waals surface area contributed by atoms with Crippen molar-refractivity contribution in [3.8, 4) is 0 Å². The first kappa shape index (κ1) is 10.5. The van der Waals surface area contributed by atoms with E-state index in [0.29, 0.717) is 0 Å². The van der Waals surface area contributed by atoms with Crippen molar-refractivity contribution in [2.75, 3.05) is 13.1 Å². The van der Waals surface area contributed by atoms with Crippen molar-refractivity contribution in [1.29, 1.82) is 0 Å². The quantitative estimate of drug-likeness (QED) is 0.480. The van der Waals surface area contributed by atoms with Crippen molar-refractivity contribution in [2.45, 2.75) is 33.5 Å². The van der Waals surface area contributed by atoms with E-state index in [1.165, 1.54) is 13.1 Å². The molecule has 0 bridgehead atoms. The summed E-state index contributed by atoms with van der Waals surface area (Å²) in [6, 6.07) is 0. The first-order valence-corrected chi connectivity index (χ1v) is 8.93. The van der Waals surface area contributed by atoms with Gasteiger partial charge in [-0.05, 0) is 0 Å². The Morgan fingerprint density at radius 1 is 1.10 bits per heavy atom. The molecule has 0 unspecified atom stereocenters. The Morgan fingerprint density at radius 3 is 1.60 bits per heavy atom. The second kappa shape index (κ2) is 4.41. The number of hydrogen-bond acceptors (Lipinski definition) is 2. The summed E-state index contributed by atoms with van der Waals surface area (Å²) in [5, 5.41) is 0. The van der Waals surface area contributed by atoms with Gasteiger partial charge in [-0.2, -0.15) is 0 Å². The molecule has 0 fully saturated rings. The highest BCUT2D eigenvalue weighted by Crippen LogP contribution is 2.22. The Hall–Kier alpha value is 0.527. The summed E-state index contributed by atoms with van der Waals surface area (Å²) in [5.41, 5.74) is 0. The SMILES string of the molecule is CCN(CC)S[Si](C)(C)C. The van der Waals surface area contributed by atoms with Crippen LogP contribution in [0.5, 0.6) is 0 Å². The van der Waals surface area contributed by atoms with Gasteiger partial charge in [0, 0.05) is 13.1 Å². The molecule has 0 aromatic rings. The third-order valence-corrected chi connectivity index (χ3v) is 4.85. The van der Waals surface area contributed by atoms with Crippen molar-refractivity contribution in [3.63, 3.8) is 0 Å².